The fourth-order valence-electron chi connectivity index (χ4n) is 1.59. The van der Waals surface area contributed by atoms with E-state index in [4.69, 9.17) is 22.7 Å². The maximum Gasteiger partial charge on any atom is 0.147 e. The number of aromatic nitrogens is 1. The maximum atomic E-state index is 5.65. The molecular weight excluding hydrogens is 232 g/mol. The highest BCUT2D eigenvalue weighted by Crippen LogP contribution is 2.16. The molecule has 0 fully saturated rings. The van der Waals surface area contributed by atoms with Crippen LogP contribution in [0.2, 0.25) is 0 Å². The Bertz CT molecular complexity index is 355. The van der Waals surface area contributed by atoms with Crippen LogP contribution in [0.25, 0.3) is 0 Å². The first-order chi connectivity index (χ1) is 8.25. The lowest BCUT2D eigenvalue weighted by Gasteiger charge is -2.09. The van der Waals surface area contributed by atoms with Crippen molar-refractivity contribution in [1.82, 2.24) is 4.98 Å². The van der Waals surface area contributed by atoms with Crippen molar-refractivity contribution in [2.45, 2.75) is 39.0 Å². The van der Waals surface area contributed by atoms with Gasteiger partial charge in [0.1, 0.15) is 10.7 Å². The van der Waals surface area contributed by atoms with E-state index in [2.05, 4.69) is 11.9 Å². The summed E-state index contributed by atoms with van der Waals surface area (Å²) < 4.78 is 5.65. The van der Waals surface area contributed by atoms with Crippen LogP contribution in [-0.2, 0) is 0 Å². The zero-order valence-corrected chi connectivity index (χ0v) is 11.1. The minimum Gasteiger partial charge on any atom is -0.491 e. The highest BCUT2D eigenvalue weighted by atomic mass is 32.1. The van der Waals surface area contributed by atoms with Gasteiger partial charge in [0.05, 0.1) is 18.4 Å². The van der Waals surface area contributed by atoms with Crippen molar-refractivity contribution in [2.24, 2.45) is 5.73 Å². The summed E-state index contributed by atoms with van der Waals surface area (Å²) in [5, 5.41) is 0. The molecule has 0 aromatic carbocycles. The molecule has 0 atom stereocenters. The van der Waals surface area contributed by atoms with Crippen LogP contribution in [0, 0.1) is 0 Å². The Hall–Kier alpha value is -1.16. The number of rotatable bonds is 8. The van der Waals surface area contributed by atoms with E-state index in [9.17, 15) is 0 Å². The molecule has 0 amide bonds. The third kappa shape index (κ3) is 5.13. The van der Waals surface area contributed by atoms with Gasteiger partial charge in [-0.2, -0.15) is 0 Å². The van der Waals surface area contributed by atoms with E-state index in [0.29, 0.717) is 17.3 Å². The van der Waals surface area contributed by atoms with Crippen molar-refractivity contribution in [3.8, 4) is 5.75 Å². The van der Waals surface area contributed by atoms with E-state index in [1.54, 1.807) is 18.5 Å². The van der Waals surface area contributed by atoms with Gasteiger partial charge in [0, 0.05) is 6.20 Å². The molecule has 0 unspecified atom stereocenters. The van der Waals surface area contributed by atoms with E-state index in [1.807, 2.05) is 0 Å². The van der Waals surface area contributed by atoms with Crippen LogP contribution in [0.3, 0.4) is 0 Å². The minimum absolute atomic E-state index is 0.355. The van der Waals surface area contributed by atoms with Crippen molar-refractivity contribution >= 4 is 17.2 Å². The van der Waals surface area contributed by atoms with Crippen LogP contribution in [0.15, 0.2) is 18.5 Å². The Kier molecular flexibility index (Phi) is 6.55. The van der Waals surface area contributed by atoms with Gasteiger partial charge in [0.2, 0.25) is 0 Å². The van der Waals surface area contributed by atoms with Gasteiger partial charge >= 0.3 is 0 Å². The van der Waals surface area contributed by atoms with Crippen LogP contribution in [0.1, 0.15) is 44.6 Å². The molecule has 3 nitrogen and oxygen atoms in total. The standard InChI is InChI=1S/C13H20N2OS/c1-2-3-4-5-6-9-16-12-10-15-8-7-11(12)13(14)17/h7-8,10H,2-6,9H2,1H3,(H2,14,17). The summed E-state index contributed by atoms with van der Waals surface area (Å²) in [7, 11) is 0. The average molecular weight is 252 g/mol. The molecule has 0 aliphatic carbocycles. The molecule has 0 saturated heterocycles. The highest BCUT2D eigenvalue weighted by molar-refractivity contribution is 7.80. The zero-order valence-electron chi connectivity index (χ0n) is 10.3. The normalized spacial score (nSPS) is 10.2. The second-order valence-electron chi connectivity index (χ2n) is 4.00. The van der Waals surface area contributed by atoms with Crippen molar-refractivity contribution in [2.75, 3.05) is 6.61 Å². The smallest absolute Gasteiger partial charge is 0.147 e. The highest BCUT2D eigenvalue weighted by Gasteiger charge is 2.05. The Balaban J connectivity index is 2.34. The summed E-state index contributed by atoms with van der Waals surface area (Å²) in [5.74, 6) is 0.690. The van der Waals surface area contributed by atoms with Crippen molar-refractivity contribution in [1.29, 1.82) is 0 Å². The predicted molar refractivity (Wildman–Crippen MR) is 74.4 cm³/mol. The molecule has 2 N–H and O–H groups in total. The molecule has 0 spiro atoms. The van der Waals surface area contributed by atoms with Gasteiger partial charge < -0.3 is 10.5 Å². The lowest BCUT2D eigenvalue weighted by atomic mass is 10.2. The molecule has 17 heavy (non-hydrogen) atoms. The Labute approximate surface area is 108 Å². The molecule has 1 heterocycles. The van der Waals surface area contributed by atoms with Crippen molar-refractivity contribution in [3.05, 3.63) is 24.0 Å². The lowest BCUT2D eigenvalue weighted by Crippen LogP contribution is -2.12. The maximum absolute atomic E-state index is 5.65. The van der Waals surface area contributed by atoms with E-state index >= 15 is 0 Å². The van der Waals surface area contributed by atoms with Crippen molar-refractivity contribution < 1.29 is 4.74 Å². The van der Waals surface area contributed by atoms with Crippen LogP contribution < -0.4 is 10.5 Å². The van der Waals surface area contributed by atoms with Gasteiger partial charge in [0.25, 0.3) is 0 Å². The molecule has 0 bridgehead atoms. The predicted octanol–water partition coefficient (Wildman–Crippen LogP) is 3.07. The van der Waals surface area contributed by atoms with Crippen LogP contribution >= 0.6 is 12.2 Å². The summed E-state index contributed by atoms with van der Waals surface area (Å²) in [4.78, 5) is 4.37. The van der Waals surface area contributed by atoms with E-state index in [-0.39, 0.29) is 0 Å². The summed E-state index contributed by atoms with van der Waals surface area (Å²) in [6.45, 7) is 2.91. The lowest BCUT2D eigenvalue weighted by molar-refractivity contribution is 0.303. The number of nitrogens with zero attached hydrogens (tertiary/aromatic N) is 1. The first kappa shape index (κ1) is 13.9. The number of pyridine rings is 1. The third-order valence-corrected chi connectivity index (χ3v) is 2.78. The number of ether oxygens (including phenoxy) is 1. The largest absolute Gasteiger partial charge is 0.491 e. The topological polar surface area (TPSA) is 48.1 Å². The molecular formula is C13H20N2OS. The fraction of sp³-hybridized carbons (Fsp3) is 0.538. The molecule has 0 aliphatic rings. The number of unbranched alkanes of at least 4 members (excludes halogenated alkanes) is 4. The molecule has 0 saturated carbocycles. The van der Waals surface area contributed by atoms with E-state index < -0.39 is 0 Å². The third-order valence-electron chi connectivity index (χ3n) is 2.56. The molecule has 94 valence electrons. The number of hydrogen-bond donors (Lipinski definition) is 1. The van der Waals surface area contributed by atoms with E-state index in [1.165, 1.54) is 25.7 Å². The summed E-state index contributed by atoms with van der Waals surface area (Å²) >= 11 is 4.96. The van der Waals surface area contributed by atoms with Crippen LogP contribution in [0.5, 0.6) is 5.75 Å². The Morgan fingerprint density at radius 1 is 1.35 bits per heavy atom. The molecule has 0 aliphatic heterocycles. The second kappa shape index (κ2) is 8.01. The quantitative estimate of drug-likeness (QED) is 0.570. The van der Waals surface area contributed by atoms with Crippen LogP contribution in [-0.4, -0.2) is 16.6 Å². The minimum atomic E-state index is 0.355. The van der Waals surface area contributed by atoms with Gasteiger partial charge in [-0.25, -0.2) is 0 Å². The fourth-order valence-corrected chi connectivity index (χ4v) is 1.75. The zero-order chi connectivity index (χ0) is 12.5. The average Bonchev–Trinajstić information content (AvgIpc) is 2.34. The molecule has 4 heteroatoms. The molecule has 0 radical (unpaired) electrons. The first-order valence-electron chi connectivity index (χ1n) is 6.12. The summed E-state index contributed by atoms with van der Waals surface area (Å²) in [6.07, 6.45) is 9.43. The number of nitrogens with two attached hydrogens (primary N) is 1. The number of hydrogen-bond acceptors (Lipinski definition) is 3. The Morgan fingerprint density at radius 2 is 2.12 bits per heavy atom. The SMILES string of the molecule is CCCCCCCOc1cnccc1C(N)=S. The van der Waals surface area contributed by atoms with Gasteiger partial charge in [0.15, 0.2) is 0 Å². The van der Waals surface area contributed by atoms with Gasteiger partial charge in [-0.3, -0.25) is 4.98 Å². The van der Waals surface area contributed by atoms with Gasteiger partial charge in [-0.15, -0.1) is 0 Å². The number of thiocarbonyl (C=S) groups is 1. The molecule has 1 aromatic rings. The Morgan fingerprint density at radius 3 is 2.82 bits per heavy atom. The van der Waals surface area contributed by atoms with Crippen molar-refractivity contribution in [3.63, 3.8) is 0 Å². The summed E-state index contributed by atoms with van der Waals surface area (Å²) in [5.41, 5.74) is 6.38. The molecule has 1 aromatic heterocycles. The van der Waals surface area contributed by atoms with Gasteiger partial charge in [-0.05, 0) is 12.5 Å². The van der Waals surface area contributed by atoms with Gasteiger partial charge in [-0.1, -0.05) is 44.8 Å². The molecule has 1 rings (SSSR count). The van der Waals surface area contributed by atoms with E-state index in [0.717, 1.165) is 12.0 Å². The first-order valence-corrected chi connectivity index (χ1v) is 6.53. The van der Waals surface area contributed by atoms with Crippen LogP contribution in [0.4, 0.5) is 0 Å². The second-order valence-corrected chi connectivity index (χ2v) is 4.44. The monoisotopic (exact) mass is 252 g/mol. The summed E-state index contributed by atoms with van der Waals surface area (Å²) in [6, 6.07) is 1.79.